The van der Waals surface area contributed by atoms with Crippen molar-refractivity contribution in [3.63, 3.8) is 0 Å². The lowest BCUT2D eigenvalue weighted by atomic mass is 9.95. The lowest BCUT2D eigenvalue weighted by Crippen LogP contribution is -2.36. The minimum absolute atomic E-state index is 0.0204. The van der Waals surface area contributed by atoms with Crippen LogP contribution in [0.15, 0.2) is 18.3 Å². The summed E-state index contributed by atoms with van der Waals surface area (Å²) in [4.78, 5) is 26.1. The van der Waals surface area contributed by atoms with E-state index in [1.165, 1.54) is 37.6 Å². The number of nitrogens with zero attached hydrogens (tertiary/aromatic N) is 2. The Morgan fingerprint density at radius 1 is 1.38 bits per heavy atom. The van der Waals surface area contributed by atoms with Gasteiger partial charge in [-0.15, -0.1) is 0 Å². The molecule has 2 rings (SSSR count). The van der Waals surface area contributed by atoms with Crippen LogP contribution >= 0.6 is 0 Å². The van der Waals surface area contributed by atoms with E-state index in [1.54, 1.807) is 0 Å². The molecule has 1 fully saturated rings. The molecule has 0 radical (unpaired) electrons. The number of carbonyl (C=O) groups excluding carboxylic acids is 1. The maximum absolute atomic E-state index is 11.8. The van der Waals surface area contributed by atoms with Crippen molar-refractivity contribution in [3.8, 4) is 0 Å². The molecule has 2 N–H and O–H groups in total. The molecule has 0 unspecified atom stereocenters. The molecule has 1 aromatic rings. The van der Waals surface area contributed by atoms with Crippen LogP contribution < -0.4 is 10.6 Å². The highest BCUT2D eigenvalue weighted by molar-refractivity contribution is 5.76. The molecule has 0 aliphatic heterocycles. The third-order valence-corrected chi connectivity index (χ3v) is 3.60. The van der Waals surface area contributed by atoms with Gasteiger partial charge in [-0.2, -0.15) is 0 Å². The number of amides is 1. The first kappa shape index (κ1) is 15.2. The van der Waals surface area contributed by atoms with Crippen LogP contribution in [0.4, 0.5) is 11.5 Å². The number of hydrogen-bond donors (Lipinski definition) is 2. The van der Waals surface area contributed by atoms with Crippen LogP contribution in [0.2, 0.25) is 0 Å². The van der Waals surface area contributed by atoms with Gasteiger partial charge >= 0.3 is 5.69 Å². The fourth-order valence-corrected chi connectivity index (χ4v) is 2.52. The van der Waals surface area contributed by atoms with Crippen LogP contribution in [0.1, 0.15) is 38.5 Å². The lowest BCUT2D eigenvalue weighted by Gasteiger charge is -2.22. The van der Waals surface area contributed by atoms with Crippen LogP contribution in [0.5, 0.6) is 0 Å². The average molecular weight is 292 g/mol. The Kier molecular flexibility index (Phi) is 5.48. The van der Waals surface area contributed by atoms with Crippen molar-refractivity contribution in [1.29, 1.82) is 0 Å². The van der Waals surface area contributed by atoms with Crippen LogP contribution in [-0.2, 0) is 4.79 Å². The number of aromatic nitrogens is 1. The Balaban J connectivity index is 1.76. The van der Waals surface area contributed by atoms with Gasteiger partial charge in [-0.25, -0.2) is 4.98 Å². The van der Waals surface area contributed by atoms with E-state index in [1.807, 2.05) is 0 Å². The molecule has 0 aromatic carbocycles. The van der Waals surface area contributed by atoms with E-state index < -0.39 is 4.92 Å². The van der Waals surface area contributed by atoms with E-state index >= 15 is 0 Å². The maximum Gasteiger partial charge on any atom is 0.311 e. The molecule has 0 spiro atoms. The highest BCUT2D eigenvalue weighted by atomic mass is 16.6. The maximum atomic E-state index is 11.8. The monoisotopic (exact) mass is 292 g/mol. The summed E-state index contributed by atoms with van der Waals surface area (Å²) < 4.78 is 0. The number of rotatable bonds is 6. The Morgan fingerprint density at radius 3 is 2.86 bits per heavy atom. The molecule has 1 amide bonds. The number of carbonyl (C=O) groups is 1. The molecule has 1 aliphatic rings. The summed E-state index contributed by atoms with van der Waals surface area (Å²) in [6.07, 6.45) is 7.45. The second-order valence-corrected chi connectivity index (χ2v) is 5.21. The SMILES string of the molecule is O=C(CCNc1ncccc1[N+](=O)[O-])NC1CCCCC1. The van der Waals surface area contributed by atoms with Crippen molar-refractivity contribution in [2.45, 2.75) is 44.6 Å². The standard InChI is InChI=1S/C14H20N4O3/c19-13(17-11-5-2-1-3-6-11)8-10-16-14-12(18(20)21)7-4-9-15-14/h4,7,9,11H,1-3,5-6,8,10H2,(H,15,16)(H,17,19). The van der Waals surface area contributed by atoms with E-state index in [2.05, 4.69) is 15.6 Å². The summed E-state index contributed by atoms with van der Waals surface area (Å²) in [6, 6.07) is 3.19. The van der Waals surface area contributed by atoms with E-state index in [0.29, 0.717) is 6.54 Å². The van der Waals surface area contributed by atoms with Gasteiger partial charge in [0.2, 0.25) is 11.7 Å². The zero-order valence-corrected chi connectivity index (χ0v) is 11.9. The first-order valence-corrected chi connectivity index (χ1v) is 7.29. The van der Waals surface area contributed by atoms with Crippen LogP contribution in [0.25, 0.3) is 0 Å². The molecule has 7 nitrogen and oxygen atoms in total. The third-order valence-electron chi connectivity index (χ3n) is 3.60. The lowest BCUT2D eigenvalue weighted by molar-refractivity contribution is -0.384. The first-order chi connectivity index (χ1) is 10.2. The minimum atomic E-state index is -0.489. The molecule has 0 atom stereocenters. The predicted molar refractivity (Wildman–Crippen MR) is 79.0 cm³/mol. The van der Waals surface area contributed by atoms with Crippen LogP contribution in [-0.4, -0.2) is 28.4 Å². The van der Waals surface area contributed by atoms with Gasteiger partial charge in [0.1, 0.15) is 0 Å². The molecular weight excluding hydrogens is 272 g/mol. The summed E-state index contributed by atoms with van der Waals surface area (Å²) >= 11 is 0. The summed E-state index contributed by atoms with van der Waals surface area (Å²) in [7, 11) is 0. The molecule has 7 heteroatoms. The third kappa shape index (κ3) is 4.70. The average Bonchev–Trinajstić information content (AvgIpc) is 2.48. The number of nitro groups is 1. The van der Waals surface area contributed by atoms with E-state index in [9.17, 15) is 14.9 Å². The summed E-state index contributed by atoms with van der Waals surface area (Å²) in [6.45, 7) is 0.330. The van der Waals surface area contributed by atoms with E-state index in [0.717, 1.165) is 12.8 Å². The second kappa shape index (κ2) is 7.56. The smallest absolute Gasteiger partial charge is 0.311 e. The van der Waals surface area contributed by atoms with Gasteiger partial charge in [0.15, 0.2) is 0 Å². The number of hydrogen-bond acceptors (Lipinski definition) is 5. The molecule has 1 aliphatic carbocycles. The summed E-state index contributed by atoms with van der Waals surface area (Å²) in [5, 5.41) is 16.7. The molecular formula is C14H20N4O3. The van der Waals surface area contributed by atoms with Gasteiger partial charge in [0, 0.05) is 31.3 Å². The quantitative estimate of drug-likeness (QED) is 0.619. The fraction of sp³-hybridized carbons (Fsp3) is 0.571. The van der Waals surface area contributed by atoms with Crippen molar-refractivity contribution in [3.05, 3.63) is 28.4 Å². The fourth-order valence-electron chi connectivity index (χ4n) is 2.52. The predicted octanol–water partition coefficient (Wildman–Crippen LogP) is 2.24. The molecule has 1 saturated carbocycles. The molecule has 1 heterocycles. The molecule has 1 aromatic heterocycles. The van der Waals surface area contributed by atoms with Gasteiger partial charge in [-0.3, -0.25) is 14.9 Å². The summed E-state index contributed by atoms with van der Waals surface area (Å²) in [5.41, 5.74) is -0.0785. The normalized spacial score (nSPS) is 15.4. The zero-order valence-electron chi connectivity index (χ0n) is 11.9. The largest absolute Gasteiger partial charge is 0.364 e. The molecule has 0 saturated heterocycles. The van der Waals surface area contributed by atoms with Gasteiger partial charge < -0.3 is 10.6 Å². The van der Waals surface area contributed by atoms with Gasteiger partial charge in [-0.05, 0) is 18.9 Å². The number of nitrogens with one attached hydrogen (secondary N) is 2. The Hall–Kier alpha value is -2.18. The van der Waals surface area contributed by atoms with Crippen molar-refractivity contribution in [2.24, 2.45) is 0 Å². The van der Waals surface area contributed by atoms with Crippen LogP contribution in [0, 0.1) is 10.1 Å². The second-order valence-electron chi connectivity index (χ2n) is 5.21. The Labute approximate surface area is 123 Å². The zero-order chi connectivity index (χ0) is 15.1. The van der Waals surface area contributed by atoms with E-state index in [-0.39, 0.29) is 29.9 Å². The topological polar surface area (TPSA) is 97.2 Å². The van der Waals surface area contributed by atoms with Crippen molar-refractivity contribution in [2.75, 3.05) is 11.9 Å². The minimum Gasteiger partial charge on any atom is -0.364 e. The molecule has 114 valence electrons. The Bertz CT molecular complexity index is 501. The van der Waals surface area contributed by atoms with E-state index in [4.69, 9.17) is 0 Å². The van der Waals surface area contributed by atoms with Crippen molar-refractivity contribution in [1.82, 2.24) is 10.3 Å². The van der Waals surface area contributed by atoms with Crippen LogP contribution in [0.3, 0.4) is 0 Å². The highest BCUT2D eigenvalue weighted by Crippen LogP contribution is 2.20. The summed E-state index contributed by atoms with van der Waals surface area (Å²) in [5.74, 6) is 0.181. The van der Waals surface area contributed by atoms with Gasteiger partial charge in [-0.1, -0.05) is 19.3 Å². The number of pyridine rings is 1. The van der Waals surface area contributed by atoms with Gasteiger partial charge in [0.25, 0.3) is 0 Å². The molecule has 21 heavy (non-hydrogen) atoms. The first-order valence-electron chi connectivity index (χ1n) is 7.29. The Morgan fingerprint density at radius 2 is 2.14 bits per heavy atom. The highest BCUT2D eigenvalue weighted by Gasteiger charge is 2.16. The van der Waals surface area contributed by atoms with Gasteiger partial charge in [0.05, 0.1) is 4.92 Å². The number of anilines is 1. The van der Waals surface area contributed by atoms with Crippen molar-refractivity contribution < 1.29 is 9.72 Å². The van der Waals surface area contributed by atoms with Crippen molar-refractivity contribution >= 4 is 17.4 Å². The molecule has 0 bridgehead atoms.